The zero-order valence-corrected chi connectivity index (χ0v) is 13.9. The van der Waals surface area contributed by atoms with Gasteiger partial charge in [0.25, 0.3) is 5.91 Å². The van der Waals surface area contributed by atoms with Crippen LogP contribution >= 0.6 is 0 Å². The minimum atomic E-state index is -3.56. The largest absolute Gasteiger partial charge is 0.449 e. The molecule has 0 aromatic heterocycles. The van der Waals surface area contributed by atoms with Crippen LogP contribution in [0.5, 0.6) is 0 Å². The van der Waals surface area contributed by atoms with Crippen LogP contribution in [0.1, 0.15) is 37.0 Å². The van der Waals surface area contributed by atoms with Gasteiger partial charge in [0, 0.05) is 12.6 Å². The molecule has 7 nitrogen and oxygen atoms in total. The van der Waals surface area contributed by atoms with E-state index in [2.05, 4.69) is 10.0 Å². The molecule has 1 aliphatic rings. The third-order valence-corrected chi connectivity index (χ3v) is 4.87. The van der Waals surface area contributed by atoms with E-state index < -0.39 is 22.1 Å². The van der Waals surface area contributed by atoms with E-state index in [4.69, 9.17) is 4.74 Å². The lowest BCUT2D eigenvalue weighted by Crippen LogP contribution is -2.37. The topological polar surface area (TPSA) is 102 Å². The molecule has 1 amide bonds. The number of carbonyl (C=O) groups excluding carboxylic acids is 2. The zero-order valence-electron chi connectivity index (χ0n) is 13.0. The van der Waals surface area contributed by atoms with E-state index in [1.165, 1.54) is 31.2 Å². The van der Waals surface area contributed by atoms with Crippen LogP contribution in [0.25, 0.3) is 0 Å². The summed E-state index contributed by atoms with van der Waals surface area (Å²) in [4.78, 5) is 23.8. The third-order valence-electron chi connectivity index (χ3n) is 3.31. The van der Waals surface area contributed by atoms with Crippen LogP contribution in [-0.2, 0) is 19.6 Å². The lowest BCUT2D eigenvalue weighted by atomic mass is 10.2. The van der Waals surface area contributed by atoms with Gasteiger partial charge in [0.1, 0.15) is 0 Å². The van der Waals surface area contributed by atoms with Crippen molar-refractivity contribution in [3.63, 3.8) is 0 Å². The number of hydrogen-bond donors (Lipinski definition) is 2. The van der Waals surface area contributed by atoms with Gasteiger partial charge in [0.05, 0.1) is 10.5 Å². The lowest BCUT2D eigenvalue weighted by molar-refractivity contribution is -0.129. The fourth-order valence-electron chi connectivity index (χ4n) is 1.87. The molecule has 0 spiro atoms. The Labute approximate surface area is 135 Å². The fraction of sp³-hybridized carbons (Fsp3) is 0.467. The molecule has 1 fully saturated rings. The maximum Gasteiger partial charge on any atom is 0.338 e. The second-order valence-electron chi connectivity index (χ2n) is 5.36. The molecule has 2 N–H and O–H groups in total. The van der Waals surface area contributed by atoms with Crippen molar-refractivity contribution in [3.05, 3.63) is 29.8 Å². The van der Waals surface area contributed by atoms with Gasteiger partial charge in [-0.3, -0.25) is 4.79 Å². The van der Waals surface area contributed by atoms with Crippen LogP contribution in [0.4, 0.5) is 0 Å². The Morgan fingerprint density at radius 3 is 2.39 bits per heavy atom. The normalized spacial score (nSPS) is 15.7. The number of amides is 1. The van der Waals surface area contributed by atoms with Crippen molar-refractivity contribution >= 4 is 21.9 Å². The standard InChI is InChI=1S/C15H20N2O5S/c1-3-16-23(20,21)13-8-4-11(5-9-13)15(19)22-10(2)14(18)17-12-6-7-12/h4-5,8-10,12,16H,3,6-7H2,1-2H3,(H,17,18)/t10-/m1/s1. The maximum atomic E-state index is 12.0. The van der Waals surface area contributed by atoms with Gasteiger partial charge in [0.15, 0.2) is 6.10 Å². The van der Waals surface area contributed by atoms with E-state index in [1.807, 2.05) is 0 Å². The summed E-state index contributed by atoms with van der Waals surface area (Å²) in [6, 6.07) is 5.56. The number of carbonyl (C=O) groups is 2. The maximum absolute atomic E-state index is 12.0. The minimum absolute atomic E-state index is 0.0652. The summed E-state index contributed by atoms with van der Waals surface area (Å²) in [5.74, 6) is -0.997. The molecule has 1 atom stereocenters. The highest BCUT2D eigenvalue weighted by atomic mass is 32.2. The van der Waals surface area contributed by atoms with Crippen LogP contribution in [0.15, 0.2) is 29.2 Å². The van der Waals surface area contributed by atoms with Crippen LogP contribution in [0.3, 0.4) is 0 Å². The van der Waals surface area contributed by atoms with E-state index in [9.17, 15) is 18.0 Å². The number of ether oxygens (including phenoxy) is 1. The molecule has 2 rings (SSSR count). The van der Waals surface area contributed by atoms with Crippen molar-refractivity contribution in [2.24, 2.45) is 0 Å². The van der Waals surface area contributed by atoms with Crippen molar-refractivity contribution in [2.45, 2.75) is 43.7 Å². The van der Waals surface area contributed by atoms with Gasteiger partial charge in [-0.05, 0) is 44.0 Å². The lowest BCUT2D eigenvalue weighted by Gasteiger charge is -2.13. The smallest absolute Gasteiger partial charge is 0.338 e. The zero-order chi connectivity index (χ0) is 17.0. The Hall–Kier alpha value is -1.93. The van der Waals surface area contributed by atoms with Gasteiger partial charge >= 0.3 is 5.97 Å². The first-order chi connectivity index (χ1) is 10.8. The van der Waals surface area contributed by atoms with Gasteiger partial charge < -0.3 is 10.1 Å². The third kappa shape index (κ3) is 4.77. The predicted molar refractivity (Wildman–Crippen MR) is 83.3 cm³/mol. The first-order valence-electron chi connectivity index (χ1n) is 7.44. The number of benzene rings is 1. The highest BCUT2D eigenvalue weighted by Crippen LogP contribution is 2.19. The van der Waals surface area contributed by atoms with Crippen molar-refractivity contribution in [2.75, 3.05) is 6.54 Å². The van der Waals surface area contributed by atoms with E-state index in [0.717, 1.165) is 12.8 Å². The molecule has 0 heterocycles. The molecule has 0 saturated heterocycles. The first kappa shape index (κ1) is 17.4. The van der Waals surface area contributed by atoms with Gasteiger partial charge in [-0.1, -0.05) is 6.92 Å². The summed E-state index contributed by atoms with van der Waals surface area (Å²) in [6.45, 7) is 3.46. The average Bonchev–Trinajstić information content (AvgIpc) is 3.31. The van der Waals surface area contributed by atoms with E-state index >= 15 is 0 Å². The van der Waals surface area contributed by atoms with E-state index in [-0.39, 0.29) is 29.0 Å². The summed E-state index contributed by atoms with van der Waals surface area (Å²) in [6.07, 6.45) is 1.01. The highest BCUT2D eigenvalue weighted by Gasteiger charge is 2.27. The van der Waals surface area contributed by atoms with Crippen molar-refractivity contribution in [3.8, 4) is 0 Å². The second-order valence-corrected chi connectivity index (χ2v) is 7.12. The summed E-state index contributed by atoms with van der Waals surface area (Å²) in [5, 5.41) is 2.75. The fourth-order valence-corrected chi connectivity index (χ4v) is 2.91. The monoisotopic (exact) mass is 340 g/mol. The van der Waals surface area contributed by atoms with E-state index in [0.29, 0.717) is 0 Å². The summed E-state index contributed by atoms with van der Waals surface area (Å²) in [5.41, 5.74) is 0.187. The molecule has 126 valence electrons. The molecular weight excluding hydrogens is 320 g/mol. The van der Waals surface area contributed by atoms with E-state index in [1.54, 1.807) is 6.92 Å². The Morgan fingerprint density at radius 1 is 1.26 bits per heavy atom. The quantitative estimate of drug-likeness (QED) is 0.715. The molecule has 0 aliphatic heterocycles. The van der Waals surface area contributed by atoms with Crippen molar-refractivity contribution in [1.82, 2.24) is 10.0 Å². The Kier molecular flexibility index (Phi) is 5.38. The molecule has 1 saturated carbocycles. The molecule has 1 aliphatic carbocycles. The van der Waals surface area contributed by atoms with Gasteiger partial charge in [0.2, 0.25) is 10.0 Å². The number of sulfonamides is 1. The van der Waals surface area contributed by atoms with Crippen LogP contribution < -0.4 is 10.0 Å². The SMILES string of the molecule is CCNS(=O)(=O)c1ccc(C(=O)O[C@H](C)C(=O)NC2CC2)cc1. The Bertz CT molecular complexity index is 680. The molecule has 1 aromatic carbocycles. The van der Waals surface area contributed by atoms with Gasteiger partial charge in [-0.2, -0.15) is 0 Å². The molecule has 8 heteroatoms. The van der Waals surface area contributed by atoms with Crippen molar-refractivity contribution in [1.29, 1.82) is 0 Å². The molecule has 23 heavy (non-hydrogen) atoms. The first-order valence-corrected chi connectivity index (χ1v) is 8.93. The van der Waals surface area contributed by atoms with Gasteiger partial charge in [-0.25, -0.2) is 17.9 Å². The summed E-state index contributed by atoms with van der Waals surface area (Å²) < 4.78 is 31.1. The Morgan fingerprint density at radius 2 is 1.87 bits per heavy atom. The minimum Gasteiger partial charge on any atom is -0.449 e. The molecule has 0 unspecified atom stereocenters. The number of rotatable bonds is 7. The number of hydrogen-bond acceptors (Lipinski definition) is 5. The number of nitrogens with one attached hydrogen (secondary N) is 2. The second kappa shape index (κ2) is 7.10. The highest BCUT2D eigenvalue weighted by molar-refractivity contribution is 7.89. The van der Waals surface area contributed by atoms with Crippen LogP contribution in [-0.4, -0.2) is 39.0 Å². The molecule has 1 aromatic rings. The Balaban J connectivity index is 1.98. The van der Waals surface area contributed by atoms with Crippen molar-refractivity contribution < 1.29 is 22.7 Å². The number of esters is 1. The van der Waals surface area contributed by atoms with Crippen LogP contribution in [0, 0.1) is 0 Å². The van der Waals surface area contributed by atoms with Crippen LogP contribution in [0.2, 0.25) is 0 Å². The molecule has 0 radical (unpaired) electrons. The average molecular weight is 340 g/mol. The van der Waals surface area contributed by atoms with Gasteiger partial charge in [-0.15, -0.1) is 0 Å². The summed E-state index contributed by atoms with van der Waals surface area (Å²) in [7, 11) is -3.56. The molecular formula is C15H20N2O5S. The predicted octanol–water partition coefficient (Wildman–Crippen LogP) is 0.809. The summed E-state index contributed by atoms with van der Waals surface area (Å²) >= 11 is 0. The molecule has 0 bridgehead atoms.